The van der Waals surface area contributed by atoms with Crippen LogP contribution in [0.4, 0.5) is 8.78 Å². The van der Waals surface area contributed by atoms with E-state index in [1.807, 2.05) is 0 Å². The van der Waals surface area contributed by atoms with Gasteiger partial charge in [0.25, 0.3) is 0 Å². The quantitative estimate of drug-likeness (QED) is 0.688. The van der Waals surface area contributed by atoms with E-state index in [-0.39, 0.29) is 43.8 Å². The molecule has 0 radical (unpaired) electrons. The molecule has 1 atom stereocenters. The first-order valence-electron chi connectivity index (χ1n) is 9.30. The average Bonchev–Trinajstić information content (AvgIpc) is 2.67. The lowest BCUT2D eigenvalue weighted by molar-refractivity contribution is -0.126. The first kappa shape index (κ1) is 22.9. The van der Waals surface area contributed by atoms with E-state index in [1.165, 1.54) is 0 Å². The van der Waals surface area contributed by atoms with Crippen LogP contribution in [0.3, 0.4) is 0 Å². The summed E-state index contributed by atoms with van der Waals surface area (Å²) in [6, 6.07) is 7.02. The Morgan fingerprint density at radius 3 is 2.40 bits per heavy atom. The fourth-order valence-corrected chi connectivity index (χ4v) is 5.53. The lowest BCUT2D eigenvalue weighted by Crippen LogP contribution is -2.43. The van der Waals surface area contributed by atoms with Crippen molar-refractivity contribution >= 4 is 39.1 Å². The minimum absolute atomic E-state index is 0.0628. The number of nitrogens with zero attached hydrogens (tertiary/aromatic N) is 1. The molecule has 0 aromatic heterocycles. The smallest absolute Gasteiger partial charge is 0.245 e. The van der Waals surface area contributed by atoms with Crippen molar-refractivity contribution in [3.8, 4) is 0 Å². The van der Waals surface area contributed by atoms with Crippen molar-refractivity contribution in [2.24, 2.45) is 5.92 Å². The SMILES string of the molecule is C[C@H](NC(=O)C1CCN(S(=O)(=O)c2ccc(F)cc2F)CC1)c1ccc(Cl)cc1Cl. The molecule has 10 heteroatoms. The largest absolute Gasteiger partial charge is 0.349 e. The molecule has 0 bridgehead atoms. The number of halogens is 4. The Balaban J connectivity index is 1.62. The van der Waals surface area contributed by atoms with E-state index in [2.05, 4.69) is 5.32 Å². The predicted molar refractivity (Wildman–Crippen MR) is 111 cm³/mol. The van der Waals surface area contributed by atoms with E-state index in [0.29, 0.717) is 16.1 Å². The highest BCUT2D eigenvalue weighted by Crippen LogP contribution is 2.28. The van der Waals surface area contributed by atoms with Crippen LogP contribution in [-0.2, 0) is 14.8 Å². The number of benzene rings is 2. The zero-order valence-corrected chi connectivity index (χ0v) is 18.4. The molecule has 1 fully saturated rings. The standard InChI is InChI=1S/C20H20Cl2F2N2O3S/c1-12(16-4-2-14(21)10-17(16)22)25-20(27)13-6-8-26(9-7-13)30(28,29)19-5-3-15(23)11-18(19)24/h2-5,10-13H,6-9H2,1H3,(H,25,27)/t12-/m0/s1. The molecule has 0 unspecified atom stereocenters. The zero-order chi connectivity index (χ0) is 22.1. The van der Waals surface area contributed by atoms with Gasteiger partial charge in [-0.2, -0.15) is 4.31 Å². The Morgan fingerprint density at radius 1 is 1.13 bits per heavy atom. The Kier molecular flexibility index (Phi) is 7.02. The number of amides is 1. The van der Waals surface area contributed by atoms with Crippen LogP contribution in [0.1, 0.15) is 31.4 Å². The zero-order valence-electron chi connectivity index (χ0n) is 16.0. The van der Waals surface area contributed by atoms with Gasteiger partial charge < -0.3 is 5.32 Å². The molecule has 2 aromatic rings. The summed E-state index contributed by atoms with van der Waals surface area (Å²) >= 11 is 12.1. The molecule has 1 amide bonds. The van der Waals surface area contributed by atoms with Crippen LogP contribution in [0.15, 0.2) is 41.3 Å². The summed E-state index contributed by atoms with van der Waals surface area (Å²) in [4.78, 5) is 12.1. The van der Waals surface area contributed by atoms with Gasteiger partial charge in [-0.1, -0.05) is 29.3 Å². The Hall–Kier alpha value is -1.74. The third-order valence-electron chi connectivity index (χ3n) is 5.12. The van der Waals surface area contributed by atoms with Crippen molar-refractivity contribution in [1.82, 2.24) is 9.62 Å². The van der Waals surface area contributed by atoms with Gasteiger partial charge in [0.05, 0.1) is 6.04 Å². The van der Waals surface area contributed by atoms with E-state index < -0.39 is 26.6 Å². The fourth-order valence-electron chi connectivity index (χ4n) is 3.44. The van der Waals surface area contributed by atoms with Crippen molar-refractivity contribution in [2.75, 3.05) is 13.1 Å². The molecule has 0 aliphatic carbocycles. The molecule has 1 heterocycles. The third-order valence-corrected chi connectivity index (χ3v) is 7.62. The minimum Gasteiger partial charge on any atom is -0.349 e. The lowest BCUT2D eigenvalue weighted by atomic mass is 9.96. The van der Waals surface area contributed by atoms with Crippen LogP contribution < -0.4 is 5.32 Å². The molecule has 30 heavy (non-hydrogen) atoms. The maximum atomic E-state index is 13.9. The van der Waals surface area contributed by atoms with Crippen molar-refractivity contribution in [1.29, 1.82) is 0 Å². The number of carbonyl (C=O) groups excluding carboxylic acids is 1. The molecule has 1 aliphatic rings. The van der Waals surface area contributed by atoms with Gasteiger partial charge in [-0.3, -0.25) is 4.79 Å². The highest BCUT2D eigenvalue weighted by atomic mass is 35.5. The van der Waals surface area contributed by atoms with Gasteiger partial charge in [0.1, 0.15) is 16.5 Å². The first-order valence-corrected chi connectivity index (χ1v) is 11.5. The average molecular weight is 477 g/mol. The van der Waals surface area contributed by atoms with Crippen molar-refractivity contribution in [2.45, 2.75) is 30.7 Å². The summed E-state index contributed by atoms with van der Waals surface area (Å²) in [6.45, 7) is 1.92. The lowest BCUT2D eigenvalue weighted by Gasteiger charge is -2.31. The molecule has 0 saturated carbocycles. The third kappa shape index (κ3) is 4.94. The Labute approximate surface area is 184 Å². The van der Waals surface area contributed by atoms with Crippen LogP contribution in [0, 0.1) is 17.6 Å². The monoisotopic (exact) mass is 476 g/mol. The summed E-state index contributed by atoms with van der Waals surface area (Å²) in [5.74, 6) is -2.58. The predicted octanol–water partition coefficient (Wildman–Crippen LogP) is 4.55. The maximum Gasteiger partial charge on any atom is 0.245 e. The molecular formula is C20H20Cl2F2N2O3S. The Morgan fingerprint density at radius 2 is 1.80 bits per heavy atom. The molecule has 1 N–H and O–H groups in total. The van der Waals surface area contributed by atoms with Gasteiger partial charge in [0.2, 0.25) is 15.9 Å². The second-order valence-corrected chi connectivity index (χ2v) is 9.90. The van der Waals surface area contributed by atoms with E-state index in [1.54, 1.807) is 25.1 Å². The molecular weight excluding hydrogens is 457 g/mol. The first-order chi connectivity index (χ1) is 14.1. The van der Waals surface area contributed by atoms with Crippen LogP contribution >= 0.6 is 23.2 Å². The molecule has 162 valence electrons. The van der Waals surface area contributed by atoms with Gasteiger partial charge in [-0.15, -0.1) is 0 Å². The van der Waals surface area contributed by atoms with Crippen LogP contribution in [0.25, 0.3) is 0 Å². The van der Waals surface area contributed by atoms with E-state index in [9.17, 15) is 22.0 Å². The minimum atomic E-state index is -4.10. The highest BCUT2D eigenvalue weighted by molar-refractivity contribution is 7.89. The van der Waals surface area contributed by atoms with Crippen molar-refractivity contribution in [3.63, 3.8) is 0 Å². The van der Waals surface area contributed by atoms with Crippen molar-refractivity contribution < 1.29 is 22.0 Å². The fraction of sp³-hybridized carbons (Fsp3) is 0.350. The number of sulfonamides is 1. The van der Waals surface area contributed by atoms with E-state index in [4.69, 9.17) is 23.2 Å². The summed E-state index contributed by atoms with van der Waals surface area (Å²) in [5.41, 5.74) is 0.723. The Bertz CT molecular complexity index is 1060. The van der Waals surface area contributed by atoms with Gasteiger partial charge >= 0.3 is 0 Å². The van der Waals surface area contributed by atoms with Crippen LogP contribution in [-0.4, -0.2) is 31.7 Å². The maximum absolute atomic E-state index is 13.9. The molecule has 2 aromatic carbocycles. The van der Waals surface area contributed by atoms with E-state index >= 15 is 0 Å². The number of hydrogen-bond acceptors (Lipinski definition) is 3. The van der Waals surface area contributed by atoms with Gasteiger partial charge in [0.15, 0.2) is 0 Å². The van der Waals surface area contributed by atoms with Gasteiger partial charge in [0, 0.05) is 35.1 Å². The molecule has 0 spiro atoms. The molecule has 1 aliphatic heterocycles. The number of piperidine rings is 1. The molecule has 1 saturated heterocycles. The molecule has 3 rings (SSSR count). The highest BCUT2D eigenvalue weighted by Gasteiger charge is 2.34. The number of carbonyl (C=O) groups is 1. The number of rotatable bonds is 5. The molecule has 5 nitrogen and oxygen atoms in total. The van der Waals surface area contributed by atoms with Crippen LogP contribution in [0.5, 0.6) is 0 Å². The number of nitrogens with one attached hydrogen (secondary N) is 1. The van der Waals surface area contributed by atoms with Crippen molar-refractivity contribution in [3.05, 3.63) is 63.6 Å². The topological polar surface area (TPSA) is 66.5 Å². The summed E-state index contributed by atoms with van der Waals surface area (Å²) in [6.07, 6.45) is 0.573. The normalized spacial score (nSPS) is 17.0. The van der Waals surface area contributed by atoms with Gasteiger partial charge in [-0.25, -0.2) is 17.2 Å². The van der Waals surface area contributed by atoms with Gasteiger partial charge in [-0.05, 0) is 49.6 Å². The van der Waals surface area contributed by atoms with Crippen LogP contribution in [0.2, 0.25) is 10.0 Å². The second kappa shape index (κ2) is 9.18. The number of hydrogen-bond donors (Lipinski definition) is 1. The summed E-state index contributed by atoms with van der Waals surface area (Å²) in [7, 11) is -4.10. The second-order valence-electron chi connectivity index (χ2n) is 7.15. The summed E-state index contributed by atoms with van der Waals surface area (Å²) in [5, 5.41) is 3.83. The summed E-state index contributed by atoms with van der Waals surface area (Å²) < 4.78 is 53.5. The van der Waals surface area contributed by atoms with E-state index in [0.717, 1.165) is 22.0 Å².